The third-order valence-corrected chi connectivity index (χ3v) is 5.81. The van der Waals surface area contributed by atoms with Crippen molar-refractivity contribution in [2.24, 2.45) is 0 Å². The monoisotopic (exact) mass is 388 g/mol. The van der Waals surface area contributed by atoms with Crippen LogP contribution < -0.4 is 9.47 Å². The molecule has 0 aliphatic rings. The molecule has 0 radical (unpaired) electrons. The molecule has 0 aromatic heterocycles. The highest BCUT2D eigenvalue weighted by atomic mass is 16.5. The average Bonchev–Trinajstić information content (AvgIpc) is 2.65. The van der Waals surface area contributed by atoms with Gasteiger partial charge in [0.1, 0.15) is 17.2 Å². The summed E-state index contributed by atoms with van der Waals surface area (Å²) in [6.45, 7) is 15.1. The highest BCUT2D eigenvalue weighted by Crippen LogP contribution is 2.39. The Bertz CT molecular complexity index is 981. The maximum Gasteiger partial charge on any atom is 0.133 e. The molecular formula is C27H32O2. The fourth-order valence-corrected chi connectivity index (χ4v) is 4.00. The summed E-state index contributed by atoms with van der Waals surface area (Å²) < 4.78 is 11.8. The molecule has 0 unspecified atom stereocenters. The molecule has 0 amide bonds. The summed E-state index contributed by atoms with van der Waals surface area (Å²) in [5.41, 5.74) is 8.32. The van der Waals surface area contributed by atoms with E-state index in [9.17, 15) is 0 Å². The molecule has 0 saturated heterocycles. The van der Waals surface area contributed by atoms with Crippen molar-refractivity contribution in [1.82, 2.24) is 0 Å². The Kier molecular flexibility index (Phi) is 5.75. The van der Waals surface area contributed by atoms with Crippen molar-refractivity contribution in [3.05, 3.63) is 87.5 Å². The Hall–Kier alpha value is -2.74. The van der Waals surface area contributed by atoms with Gasteiger partial charge in [-0.2, -0.15) is 0 Å². The molecule has 0 bridgehead atoms. The third kappa shape index (κ3) is 4.17. The minimum atomic E-state index is -0.125. The van der Waals surface area contributed by atoms with Gasteiger partial charge in [0, 0.05) is 5.41 Å². The van der Waals surface area contributed by atoms with Crippen molar-refractivity contribution >= 4 is 0 Å². The highest BCUT2D eigenvalue weighted by molar-refractivity contribution is 5.52. The summed E-state index contributed by atoms with van der Waals surface area (Å²) in [4.78, 5) is 0. The molecule has 152 valence electrons. The van der Waals surface area contributed by atoms with Gasteiger partial charge in [-0.25, -0.2) is 0 Å². The number of methoxy groups -OCH3 is 1. The predicted molar refractivity (Wildman–Crippen MR) is 122 cm³/mol. The minimum absolute atomic E-state index is 0.125. The van der Waals surface area contributed by atoms with Crippen molar-refractivity contribution < 1.29 is 9.47 Å². The van der Waals surface area contributed by atoms with Gasteiger partial charge in [0.25, 0.3) is 0 Å². The van der Waals surface area contributed by atoms with Gasteiger partial charge in [0.05, 0.1) is 7.11 Å². The van der Waals surface area contributed by atoms with Crippen LogP contribution in [0.15, 0.2) is 48.5 Å². The van der Waals surface area contributed by atoms with Gasteiger partial charge in [-0.1, -0.05) is 55.8 Å². The van der Waals surface area contributed by atoms with Gasteiger partial charge in [-0.05, 0) is 80.1 Å². The molecule has 3 aromatic carbocycles. The average molecular weight is 389 g/mol. The van der Waals surface area contributed by atoms with Gasteiger partial charge in [-0.15, -0.1) is 0 Å². The standard InChI is InChI=1S/C27H32O2/c1-17-9-11-24(12-10-17)29-26-20(4)15-23(16-21(26)5)27(6,7)22-13-18(2)25(28-8)19(3)14-22/h9-16H,1-8H3. The van der Waals surface area contributed by atoms with Crippen LogP contribution in [0.3, 0.4) is 0 Å². The second kappa shape index (κ2) is 7.94. The summed E-state index contributed by atoms with van der Waals surface area (Å²) in [6.07, 6.45) is 0. The van der Waals surface area contributed by atoms with Gasteiger partial charge in [-0.3, -0.25) is 0 Å². The molecule has 0 atom stereocenters. The number of aryl methyl sites for hydroxylation is 5. The van der Waals surface area contributed by atoms with Crippen LogP contribution in [-0.4, -0.2) is 7.11 Å². The molecule has 0 heterocycles. The van der Waals surface area contributed by atoms with Crippen LogP contribution in [0.2, 0.25) is 0 Å². The molecule has 2 heteroatoms. The van der Waals surface area contributed by atoms with Crippen molar-refractivity contribution in [3.8, 4) is 17.2 Å². The lowest BCUT2D eigenvalue weighted by molar-refractivity contribution is 0.408. The van der Waals surface area contributed by atoms with Gasteiger partial charge < -0.3 is 9.47 Å². The van der Waals surface area contributed by atoms with Crippen LogP contribution in [0, 0.1) is 34.6 Å². The Labute approximate surface area is 175 Å². The van der Waals surface area contributed by atoms with Crippen LogP contribution >= 0.6 is 0 Å². The van der Waals surface area contributed by atoms with Crippen molar-refractivity contribution in [1.29, 1.82) is 0 Å². The van der Waals surface area contributed by atoms with E-state index in [1.165, 1.54) is 27.8 Å². The lowest BCUT2D eigenvalue weighted by Gasteiger charge is -2.29. The first kappa shape index (κ1) is 21.0. The molecule has 3 aromatic rings. The number of hydrogen-bond donors (Lipinski definition) is 0. The van der Waals surface area contributed by atoms with Crippen molar-refractivity contribution in [2.75, 3.05) is 7.11 Å². The van der Waals surface area contributed by atoms with Gasteiger partial charge in [0.15, 0.2) is 0 Å². The first-order chi connectivity index (χ1) is 13.6. The zero-order valence-electron chi connectivity index (χ0n) is 18.9. The van der Waals surface area contributed by atoms with E-state index in [0.29, 0.717) is 0 Å². The quantitative estimate of drug-likeness (QED) is 0.455. The van der Waals surface area contributed by atoms with E-state index in [1.54, 1.807) is 7.11 Å². The zero-order valence-corrected chi connectivity index (χ0v) is 18.9. The molecule has 0 N–H and O–H groups in total. The summed E-state index contributed by atoms with van der Waals surface area (Å²) >= 11 is 0. The van der Waals surface area contributed by atoms with E-state index in [2.05, 4.69) is 84.9 Å². The molecule has 2 nitrogen and oxygen atoms in total. The van der Waals surface area contributed by atoms with E-state index in [0.717, 1.165) is 28.4 Å². The fraction of sp³-hybridized carbons (Fsp3) is 0.333. The van der Waals surface area contributed by atoms with Crippen LogP contribution in [-0.2, 0) is 5.41 Å². The summed E-state index contributed by atoms with van der Waals surface area (Å²) in [6, 6.07) is 17.2. The van der Waals surface area contributed by atoms with Crippen LogP contribution in [0.25, 0.3) is 0 Å². The SMILES string of the molecule is COc1c(C)cc(C(C)(C)c2cc(C)c(Oc3ccc(C)cc3)c(C)c2)cc1C. The molecule has 3 rings (SSSR count). The molecule has 0 saturated carbocycles. The lowest BCUT2D eigenvalue weighted by atomic mass is 9.76. The second-order valence-corrected chi connectivity index (χ2v) is 8.62. The van der Waals surface area contributed by atoms with Crippen LogP contribution in [0.4, 0.5) is 0 Å². The van der Waals surface area contributed by atoms with E-state index >= 15 is 0 Å². The Morgan fingerprint density at radius 2 is 1.03 bits per heavy atom. The summed E-state index contributed by atoms with van der Waals surface area (Å²) in [5.74, 6) is 2.78. The smallest absolute Gasteiger partial charge is 0.133 e. The van der Waals surface area contributed by atoms with E-state index in [1.807, 2.05) is 12.1 Å². The molecule has 29 heavy (non-hydrogen) atoms. The lowest BCUT2D eigenvalue weighted by Crippen LogP contribution is -2.20. The van der Waals surface area contributed by atoms with Crippen LogP contribution in [0.1, 0.15) is 52.8 Å². The molecule has 0 fully saturated rings. The molecular weight excluding hydrogens is 356 g/mol. The maximum absolute atomic E-state index is 6.22. The Morgan fingerprint density at radius 1 is 0.621 bits per heavy atom. The van der Waals surface area contributed by atoms with Crippen molar-refractivity contribution in [3.63, 3.8) is 0 Å². The number of hydrogen-bond acceptors (Lipinski definition) is 2. The number of rotatable bonds is 5. The van der Waals surface area contributed by atoms with E-state index in [-0.39, 0.29) is 5.41 Å². The molecule has 0 aliphatic heterocycles. The highest BCUT2D eigenvalue weighted by Gasteiger charge is 2.26. The predicted octanol–water partition coefficient (Wildman–Crippen LogP) is 7.36. The number of ether oxygens (including phenoxy) is 2. The van der Waals surface area contributed by atoms with Gasteiger partial charge in [0.2, 0.25) is 0 Å². The largest absolute Gasteiger partial charge is 0.496 e. The Balaban J connectivity index is 1.99. The minimum Gasteiger partial charge on any atom is -0.496 e. The second-order valence-electron chi connectivity index (χ2n) is 8.62. The first-order valence-electron chi connectivity index (χ1n) is 10.2. The normalized spacial score (nSPS) is 11.4. The van der Waals surface area contributed by atoms with Gasteiger partial charge >= 0.3 is 0 Å². The zero-order chi connectivity index (χ0) is 21.3. The molecule has 0 aliphatic carbocycles. The maximum atomic E-state index is 6.22. The fourth-order valence-electron chi connectivity index (χ4n) is 4.00. The third-order valence-electron chi connectivity index (χ3n) is 5.81. The van der Waals surface area contributed by atoms with Crippen LogP contribution in [0.5, 0.6) is 17.2 Å². The Morgan fingerprint density at radius 3 is 1.45 bits per heavy atom. The summed E-state index contributed by atoms with van der Waals surface area (Å²) in [7, 11) is 1.74. The van der Waals surface area contributed by atoms with Crippen molar-refractivity contribution in [2.45, 2.75) is 53.9 Å². The van der Waals surface area contributed by atoms with E-state index < -0.39 is 0 Å². The first-order valence-corrected chi connectivity index (χ1v) is 10.2. The summed E-state index contributed by atoms with van der Waals surface area (Å²) in [5, 5.41) is 0. The molecule has 0 spiro atoms. The van der Waals surface area contributed by atoms with E-state index in [4.69, 9.17) is 9.47 Å². The topological polar surface area (TPSA) is 18.5 Å². The number of benzene rings is 3.